The second-order valence-electron chi connectivity index (χ2n) is 4.56. The predicted molar refractivity (Wildman–Crippen MR) is 52.1 cm³/mol. The molecule has 0 aliphatic rings. The molecule has 0 fully saturated rings. The van der Waals surface area contributed by atoms with Crippen molar-refractivity contribution >= 4 is 0 Å². The fraction of sp³-hybridized carbons (Fsp3) is 1.00. The summed E-state index contributed by atoms with van der Waals surface area (Å²) in [6.07, 6.45) is 2.56. The molecular weight excluding hydrogens is 168 g/mol. The molecule has 1 N–H and O–H groups in total. The van der Waals surface area contributed by atoms with Crippen molar-refractivity contribution in [1.82, 2.24) is 0 Å². The second kappa shape index (κ2) is 4.94. The van der Waals surface area contributed by atoms with Crippen molar-refractivity contribution in [2.45, 2.75) is 65.3 Å². The van der Waals surface area contributed by atoms with Gasteiger partial charge < -0.3 is 5.11 Å². The van der Waals surface area contributed by atoms with Crippen molar-refractivity contribution in [2.24, 2.45) is 0 Å². The molecular formula is C10H22O3. The maximum absolute atomic E-state index is 9.66. The molecule has 80 valence electrons. The largest absolute Gasteiger partial charge is 0.363 e. The Bertz CT molecular complexity index is 136. The van der Waals surface area contributed by atoms with Gasteiger partial charge >= 0.3 is 0 Å². The maximum atomic E-state index is 9.66. The number of hydrogen-bond acceptors (Lipinski definition) is 3. The lowest BCUT2D eigenvalue weighted by Gasteiger charge is -2.27. The molecule has 0 amide bonds. The molecule has 0 aromatic carbocycles. The first-order valence-corrected chi connectivity index (χ1v) is 4.86. The van der Waals surface area contributed by atoms with Crippen LogP contribution in [0.25, 0.3) is 0 Å². The van der Waals surface area contributed by atoms with Gasteiger partial charge in [0.05, 0.1) is 5.60 Å². The van der Waals surface area contributed by atoms with Crippen LogP contribution in [0.4, 0.5) is 0 Å². The standard InChI is InChI=1S/C10H22O3/c1-6-7-8-10(5,11)13-12-9(2,3)4/h11H,6-8H2,1-5H3. The van der Waals surface area contributed by atoms with E-state index in [0.29, 0.717) is 6.42 Å². The zero-order chi connectivity index (χ0) is 10.5. The highest BCUT2D eigenvalue weighted by Gasteiger charge is 2.24. The smallest absolute Gasteiger partial charge is 0.196 e. The molecule has 0 aromatic heterocycles. The van der Waals surface area contributed by atoms with Crippen molar-refractivity contribution in [1.29, 1.82) is 0 Å². The summed E-state index contributed by atoms with van der Waals surface area (Å²) in [4.78, 5) is 9.99. The molecule has 0 aliphatic carbocycles. The van der Waals surface area contributed by atoms with Gasteiger partial charge in [-0.25, -0.2) is 9.78 Å². The first-order chi connectivity index (χ1) is 5.77. The van der Waals surface area contributed by atoms with Gasteiger partial charge in [-0.15, -0.1) is 0 Å². The summed E-state index contributed by atoms with van der Waals surface area (Å²) in [6, 6.07) is 0. The third-order valence-electron chi connectivity index (χ3n) is 1.47. The van der Waals surface area contributed by atoms with Gasteiger partial charge in [-0.1, -0.05) is 13.3 Å². The van der Waals surface area contributed by atoms with E-state index in [0.717, 1.165) is 12.8 Å². The van der Waals surface area contributed by atoms with Crippen LogP contribution < -0.4 is 0 Å². The lowest BCUT2D eigenvalue weighted by Crippen LogP contribution is -2.33. The first kappa shape index (κ1) is 12.9. The van der Waals surface area contributed by atoms with Crippen LogP contribution in [0, 0.1) is 0 Å². The van der Waals surface area contributed by atoms with Gasteiger partial charge in [0.15, 0.2) is 5.79 Å². The summed E-state index contributed by atoms with van der Waals surface area (Å²) in [6.45, 7) is 9.32. The van der Waals surface area contributed by atoms with Crippen LogP contribution in [0.15, 0.2) is 0 Å². The second-order valence-corrected chi connectivity index (χ2v) is 4.56. The minimum Gasteiger partial charge on any atom is -0.363 e. The molecule has 0 saturated carbocycles. The van der Waals surface area contributed by atoms with Gasteiger partial charge in [0.25, 0.3) is 0 Å². The van der Waals surface area contributed by atoms with Crippen LogP contribution in [-0.2, 0) is 9.78 Å². The number of unbranched alkanes of at least 4 members (excludes halogenated alkanes) is 1. The average molecular weight is 190 g/mol. The van der Waals surface area contributed by atoms with Gasteiger partial charge in [0.1, 0.15) is 0 Å². The Labute approximate surface area is 81.0 Å². The van der Waals surface area contributed by atoms with Gasteiger partial charge in [-0.2, -0.15) is 0 Å². The van der Waals surface area contributed by atoms with Crippen LogP contribution in [0.1, 0.15) is 53.9 Å². The molecule has 0 radical (unpaired) electrons. The minimum atomic E-state index is -1.16. The highest BCUT2D eigenvalue weighted by molar-refractivity contribution is 4.59. The molecule has 1 unspecified atom stereocenters. The quantitative estimate of drug-likeness (QED) is 0.411. The summed E-state index contributed by atoms with van der Waals surface area (Å²) < 4.78 is 0. The van der Waals surface area contributed by atoms with Crippen LogP contribution in [0.2, 0.25) is 0 Å². The van der Waals surface area contributed by atoms with E-state index >= 15 is 0 Å². The molecule has 0 heterocycles. The van der Waals surface area contributed by atoms with E-state index in [1.165, 1.54) is 0 Å². The topological polar surface area (TPSA) is 38.7 Å². The van der Waals surface area contributed by atoms with Crippen LogP contribution in [0.3, 0.4) is 0 Å². The molecule has 13 heavy (non-hydrogen) atoms. The van der Waals surface area contributed by atoms with Crippen LogP contribution >= 0.6 is 0 Å². The molecule has 0 saturated heterocycles. The van der Waals surface area contributed by atoms with Gasteiger partial charge in [0.2, 0.25) is 0 Å². The van der Waals surface area contributed by atoms with E-state index in [4.69, 9.17) is 9.78 Å². The average Bonchev–Trinajstić information content (AvgIpc) is 1.97. The molecule has 3 heteroatoms. The Morgan fingerprint density at radius 3 is 2.00 bits per heavy atom. The Kier molecular flexibility index (Phi) is 4.89. The Hall–Kier alpha value is -0.120. The van der Waals surface area contributed by atoms with Gasteiger partial charge in [-0.3, -0.25) is 0 Å². The third-order valence-corrected chi connectivity index (χ3v) is 1.47. The fourth-order valence-electron chi connectivity index (χ4n) is 0.761. The van der Waals surface area contributed by atoms with Crippen molar-refractivity contribution in [2.75, 3.05) is 0 Å². The van der Waals surface area contributed by atoms with E-state index < -0.39 is 5.79 Å². The molecule has 3 nitrogen and oxygen atoms in total. The molecule has 0 spiro atoms. The van der Waals surface area contributed by atoms with E-state index in [1.54, 1.807) is 6.92 Å². The van der Waals surface area contributed by atoms with Crippen LogP contribution in [0.5, 0.6) is 0 Å². The zero-order valence-electron chi connectivity index (χ0n) is 9.39. The van der Waals surface area contributed by atoms with Crippen molar-refractivity contribution in [3.05, 3.63) is 0 Å². The lowest BCUT2D eigenvalue weighted by atomic mass is 10.1. The van der Waals surface area contributed by atoms with E-state index in [9.17, 15) is 5.11 Å². The van der Waals surface area contributed by atoms with Gasteiger partial charge in [-0.05, 0) is 34.1 Å². The monoisotopic (exact) mass is 190 g/mol. The van der Waals surface area contributed by atoms with Crippen LogP contribution in [-0.4, -0.2) is 16.5 Å². The fourth-order valence-corrected chi connectivity index (χ4v) is 0.761. The highest BCUT2D eigenvalue weighted by Crippen LogP contribution is 2.19. The van der Waals surface area contributed by atoms with Crippen molar-refractivity contribution < 1.29 is 14.9 Å². The first-order valence-electron chi connectivity index (χ1n) is 4.86. The van der Waals surface area contributed by atoms with Crippen molar-refractivity contribution in [3.8, 4) is 0 Å². The van der Waals surface area contributed by atoms with E-state index in [1.807, 2.05) is 20.8 Å². The van der Waals surface area contributed by atoms with Crippen molar-refractivity contribution in [3.63, 3.8) is 0 Å². The molecule has 0 aromatic rings. The number of hydrogen-bond donors (Lipinski definition) is 1. The SMILES string of the molecule is CCCCC(C)(O)OOC(C)(C)C. The minimum absolute atomic E-state index is 0.379. The number of rotatable bonds is 5. The summed E-state index contributed by atoms with van der Waals surface area (Å²) in [5.74, 6) is -1.16. The molecule has 0 rings (SSSR count). The van der Waals surface area contributed by atoms with Gasteiger partial charge in [0, 0.05) is 6.42 Å². The summed E-state index contributed by atoms with van der Waals surface area (Å²) in [7, 11) is 0. The highest BCUT2D eigenvalue weighted by atomic mass is 17.2. The summed E-state index contributed by atoms with van der Waals surface area (Å²) in [5.41, 5.74) is -0.379. The Morgan fingerprint density at radius 2 is 1.62 bits per heavy atom. The zero-order valence-corrected chi connectivity index (χ0v) is 9.39. The summed E-state index contributed by atoms with van der Waals surface area (Å²) in [5, 5.41) is 9.66. The molecule has 0 bridgehead atoms. The normalized spacial score (nSPS) is 17.1. The predicted octanol–water partition coefficient (Wildman–Crippen LogP) is 2.63. The maximum Gasteiger partial charge on any atom is 0.196 e. The Balaban J connectivity index is 3.75. The third kappa shape index (κ3) is 8.22. The van der Waals surface area contributed by atoms with E-state index in [-0.39, 0.29) is 5.60 Å². The molecule has 0 aliphatic heterocycles. The van der Waals surface area contributed by atoms with E-state index in [2.05, 4.69) is 6.92 Å². The summed E-state index contributed by atoms with van der Waals surface area (Å²) >= 11 is 0. The number of aliphatic hydroxyl groups is 1. The lowest BCUT2D eigenvalue weighted by molar-refractivity contribution is -0.448. The molecule has 1 atom stereocenters. The Morgan fingerprint density at radius 1 is 1.08 bits per heavy atom.